The number of thioether (sulfide) groups is 1. The molecule has 28 heavy (non-hydrogen) atoms. The molecular formula is C20H17FN4O2S. The minimum Gasteiger partial charge on any atom is -0.447 e. The summed E-state index contributed by atoms with van der Waals surface area (Å²) in [7, 11) is 0. The van der Waals surface area contributed by atoms with Crippen LogP contribution in [0.4, 0.5) is 10.1 Å². The molecule has 2 aromatic carbocycles. The zero-order chi connectivity index (χ0) is 19.7. The van der Waals surface area contributed by atoms with Gasteiger partial charge in [0.05, 0.1) is 5.69 Å². The number of amides is 1. The number of rotatable bonds is 3. The van der Waals surface area contributed by atoms with Crippen LogP contribution in [0.2, 0.25) is 0 Å². The predicted octanol–water partition coefficient (Wildman–Crippen LogP) is 4.23. The maximum Gasteiger partial charge on any atom is 0.247 e. The Hall–Kier alpha value is -3.00. The van der Waals surface area contributed by atoms with E-state index < -0.39 is 12.0 Å². The molecule has 0 aliphatic carbocycles. The SMILES string of the molecule is CCC(=O)N1c2ccccc2-c2nnc(SC)nc2O[C@H]1c1ccccc1F. The van der Waals surface area contributed by atoms with E-state index in [9.17, 15) is 9.18 Å². The molecule has 8 heteroatoms. The molecule has 2 heterocycles. The first-order valence-electron chi connectivity index (χ1n) is 8.75. The van der Waals surface area contributed by atoms with Gasteiger partial charge in [-0.3, -0.25) is 9.69 Å². The van der Waals surface area contributed by atoms with Crippen molar-refractivity contribution >= 4 is 23.4 Å². The molecule has 1 atom stereocenters. The summed E-state index contributed by atoms with van der Waals surface area (Å²) in [6.45, 7) is 1.76. The molecule has 0 unspecified atom stereocenters. The number of para-hydroxylation sites is 1. The largest absolute Gasteiger partial charge is 0.447 e. The Balaban J connectivity index is 2.00. The molecule has 0 radical (unpaired) electrons. The van der Waals surface area contributed by atoms with Crippen LogP contribution in [0.5, 0.6) is 5.88 Å². The average molecular weight is 396 g/mol. The lowest BCUT2D eigenvalue weighted by molar-refractivity contribution is -0.120. The minimum atomic E-state index is -1.01. The van der Waals surface area contributed by atoms with Crippen LogP contribution in [0.15, 0.2) is 53.7 Å². The standard InChI is InChI=1S/C20H17FN4O2S/c1-3-16(26)25-15-11-7-5-9-13(15)17-18(22-20(28-2)24-23-17)27-19(25)12-8-4-6-10-14(12)21/h4-11,19H,3H2,1-2H3/t19-/m0/s1. The van der Waals surface area contributed by atoms with Gasteiger partial charge in [0, 0.05) is 17.5 Å². The van der Waals surface area contributed by atoms with E-state index in [0.717, 1.165) is 0 Å². The Kier molecular flexibility index (Phi) is 4.95. The van der Waals surface area contributed by atoms with E-state index in [4.69, 9.17) is 4.74 Å². The van der Waals surface area contributed by atoms with Crippen LogP contribution in [-0.2, 0) is 4.79 Å². The van der Waals surface area contributed by atoms with Gasteiger partial charge in [-0.1, -0.05) is 55.1 Å². The second kappa shape index (κ2) is 7.55. The highest BCUT2D eigenvalue weighted by molar-refractivity contribution is 7.98. The summed E-state index contributed by atoms with van der Waals surface area (Å²) < 4.78 is 20.8. The van der Waals surface area contributed by atoms with Gasteiger partial charge in [-0.05, 0) is 18.4 Å². The van der Waals surface area contributed by atoms with Gasteiger partial charge in [0.25, 0.3) is 0 Å². The highest BCUT2D eigenvalue weighted by Gasteiger charge is 2.36. The van der Waals surface area contributed by atoms with E-state index in [1.807, 2.05) is 24.5 Å². The van der Waals surface area contributed by atoms with Gasteiger partial charge in [0.15, 0.2) is 5.69 Å². The van der Waals surface area contributed by atoms with E-state index in [2.05, 4.69) is 15.2 Å². The van der Waals surface area contributed by atoms with Crippen LogP contribution in [0, 0.1) is 5.82 Å². The van der Waals surface area contributed by atoms with Gasteiger partial charge < -0.3 is 4.74 Å². The number of nitrogens with zero attached hydrogens (tertiary/aromatic N) is 4. The molecule has 1 aliphatic rings. The number of anilines is 1. The smallest absolute Gasteiger partial charge is 0.247 e. The van der Waals surface area contributed by atoms with Gasteiger partial charge in [-0.25, -0.2) is 4.39 Å². The fraction of sp³-hybridized carbons (Fsp3) is 0.200. The van der Waals surface area contributed by atoms with Crippen molar-refractivity contribution in [3.63, 3.8) is 0 Å². The van der Waals surface area contributed by atoms with Gasteiger partial charge in [-0.15, -0.1) is 10.2 Å². The average Bonchev–Trinajstić information content (AvgIpc) is 2.87. The molecule has 0 saturated carbocycles. The van der Waals surface area contributed by atoms with Crippen LogP contribution in [-0.4, -0.2) is 27.3 Å². The summed E-state index contributed by atoms with van der Waals surface area (Å²) in [4.78, 5) is 18.8. The van der Waals surface area contributed by atoms with Crippen molar-refractivity contribution in [3.05, 3.63) is 59.9 Å². The van der Waals surface area contributed by atoms with Crippen molar-refractivity contribution in [2.24, 2.45) is 0 Å². The van der Waals surface area contributed by atoms with Crippen molar-refractivity contribution in [1.82, 2.24) is 15.2 Å². The number of halogens is 1. The molecule has 0 spiro atoms. The quantitative estimate of drug-likeness (QED) is 0.617. The van der Waals surface area contributed by atoms with Crippen LogP contribution < -0.4 is 9.64 Å². The van der Waals surface area contributed by atoms with E-state index in [1.54, 1.807) is 31.2 Å². The Labute approximate surface area is 165 Å². The van der Waals surface area contributed by atoms with Crippen molar-refractivity contribution in [1.29, 1.82) is 0 Å². The summed E-state index contributed by atoms with van der Waals surface area (Å²) in [6.07, 6.45) is 1.05. The monoisotopic (exact) mass is 396 g/mol. The zero-order valence-corrected chi connectivity index (χ0v) is 16.1. The number of hydrogen-bond donors (Lipinski definition) is 0. The summed E-state index contributed by atoms with van der Waals surface area (Å²) in [5, 5.41) is 8.80. The van der Waals surface area contributed by atoms with Crippen LogP contribution in [0.3, 0.4) is 0 Å². The van der Waals surface area contributed by atoms with Crippen molar-refractivity contribution in [2.75, 3.05) is 11.2 Å². The van der Waals surface area contributed by atoms with Gasteiger partial charge in [-0.2, -0.15) is 4.98 Å². The van der Waals surface area contributed by atoms with Crippen LogP contribution in [0.1, 0.15) is 25.1 Å². The summed E-state index contributed by atoms with van der Waals surface area (Å²) >= 11 is 1.32. The Morgan fingerprint density at radius 3 is 2.68 bits per heavy atom. The van der Waals surface area contributed by atoms with Gasteiger partial charge >= 0.3 is 0 Å². The molecule has 1 aromatic heterocycles. The third-order valence-corrected chi connectivity index (χ3v) is 4.97. The Morgan fingerprint density at radius 1 is 1.18 bits per heavy atom. The lowest BCUT2D eigenvalue weighted by atomic mass is 10.1. The highest BCUT2D eigenvalue weighted by atomic mass is 32.2. The molecule has 1 amide bonds. The van der Waals surface area contributed by atoms with Crippen molar-refractivity contribution in [3.8, 4) is 17.1 Å². The molecule has 1 aliphatic heterocycles. The second-order valence-electron chi connectivity index (χ2n) is 6.08. The number of fused-ring (bicyclic) bond motifs is 3. The van der Waals surface area contributed by atoms with Gasteiger partial charge in [0.2, 0.25) is 23.2 Å². The number of benzene rings is 2. The van der Waals surface area contributed by atoms with Crippen molar-refractivity contribution in [2.45, 2.75) is 24.7 Å². The number of carbonyl (C=O) groups is 1. The summed E-state index contributed by atoms with van der Waals surface area (Å²) in [6, 6.07) is 13.5. The number of ether oxygens (including phenoxy) is 1. The van der Waals surface area contributed by atoms with Crippen LogP contribution >= 0.6 is 11.8 Å². The topological polar surface area (TPSA) is 68.2 Å². The molecule has 0 N–H and O–H groups in total. The minimum absolute atomic E-state index is 0.202. The zero-order valence-electron chi connectivity index (χ0n) is 15.3. The van der Waals surface area contributed by atoms with E-state index in [1.165, 1.54) is 22.7 Å². The maximum atomic E-state index is 14.7. The molecule has 6 nitrogen and oxygen atoms in total. The number of carbonyl (C=O) groups excluding carboxylic acids is 1. The molecule has 142 valence electrons. The molecule has 4 rings (SSSR count). The normalized spacial score (nSPS) is 15.2. The molecule has 0 bridgehead atoms. The summed E-state index contributed by atoms with van der Waals surface area (Å²) in [5.74, 6) is -0.451. The lowest BCUT2D eigenvalue weighted by Gasteiger charge is -2.30. The molecule has 0 fully saturated rings. The molecular weight excluding hydrogens is 379 g/mol. The third-order valence-electron chi connectivity index (χ3n) is 4.44. The second-order valence-corrected chi connectivity index (χ2v) is 6.85. The van der Waals surface area contributed by atoms with E-state index in [-0.39, 0.29) is 23.8 Å². The fourth-order valence-electron chi connectivity index (χ4n) is 3.12. The highest BCUT2D eigenvalue weighted by Crippen LogP contribution is 2.43. The number of hydrogen-bond acceptors (Lipinski definition) is 6. The van der Waals surface area contributed by atoms with E-state index >= 15 is 0 Å². The lowest BCUT2D eigenvalue weighted by Crippen LogP contribution is -2.37. The maximum absolute atomic E-state index is 14.7. The molecule has 0 saturated heterocycles. The predicted molar refractivity (Wildman–Crippen MR) is 105 cm³/mol. The van der Waals surface area contributed by atoms with Gasteiger partial charge in [0.1, 0.15) is 5.82 Å². The first-order chi connectivity index (χ1) is 13.6. The van der Waals surface area contributed by atoms with Crippen molar-refractivity contribution < 1.29 is 13.9 Å². The van der Waals surface area contributed by atoms with E-state index in [0.29, 0.717) is 22.1 Å². The first kappa shape index (κ1) is 18.4. The Bertz CT molecular complexity index is 1050. The summed E-state index contributed by atoms with van der Waals surface area (Å²) in [5.41, 5.74) is 1.90. The number of aromatic nitrogens is 3. The molecule has 3 aromatic rings. The van der Waals surface area contributed by atoms with Crippen LogP contribution in [0.25, 0.3) is 11.3 Å². The fourth-order valence-corrected chi connectivity index (χ4v) is 3.41. The first-order valence-corrected chi connectivity index (χ1v) is 9.97. The third kappa shape index (κ3) is 3.09. The Morgan fingerprint density at radius 2 is 1.93 bits per heavy atom.